The third kappa shape index (κ3) is 4.38. The monoisotopic (exact) mass is 395 g/mol. The molecule has 29 heavy (non-hydrogen) atoms. The van der Waals surface area contributed by atoms with Gasteiger partial charge < -0.3 is 19.3 Å². The second kappa shape index (κ2) is 8.67. The summed E-state index contributed by atoms with van der Waals surface area (Å²) in [6.45, 7) is 7.85. The lowest BCUT2D eigenvalue weighted by molar-refractivity contribution is -0.133. The Morgan fingerprint density at radius 3 is 2.72 bits per heavy atom. The number of imidazole rings is 1. The standard InChI is InChI=1S/C23H33N5O/c1-18-7-4-5-8-20(18)23-21-15-27(11-6-10-26-12-9-24-17-26)13-19(21)14-28(23)22(29)16-25(2)3/h4-5,7-9,12,17,19,21,23H,6,10-11,13-16H2,1-3H3/t19-,21-,23+/m1/s1. The van der Waals surface area contributed by atoms with Gasteiger partial charge in [0.25, 0.3) is 0 Å². The van der Waals surface area contributed by atoms with Crippen LogP contribution in [0.3, 0.4) is 0 Å². The molecule has 3 heterocycles. The molecule has 0 N–H and O–H groups in total. The number of hydrogen-bond acceptors (Lipinski definition) is 4. The van der Waals surface area contributed by atoms with Gasteiger partial charge in [-0.2, -0.15) is 0 Å². The van der Waals surface area contributed by atoms with Crippen molar-refractivity contribution in [2.75, 3.05) is 46.8 Å². The number of rotatable bonds is 7. The first-order valence-corrected chi connectivity index (χ1v) is 10.7. The number of hydrogen-bond donors (Lipinski definition) is 0. The molecule has 3 atom stereocenters. The lowest BCUT2D eigenvalue weighted by atomic mass is 9.87. The molecule has 2 fully saturated rings. The van der Waals surface area contributed by atoms with Crippen LogP contribution < -0.4 is 0 Å². The smallest absolute Gasteiger partial charge is 0.237 e. The average Bonchev–Trinajstić information content (AvgIpc) is 3.38. The summed E-state index contributed by atoms with van der Waals surface area (Å²) < 4.78 is 2.15. The van der Waals surface area contributed by atoms with Crippen molar-refractivity contribution in [3.05, 3.63) is 54.1 Å². The Hall–Kier alpha value is -2.18. The van der Waals surface area contributed by atoms with Gasteiger partial charge in [-0.25, -0.2) is 4.98 Å². The van der Waals surface area contributed by atoms with Crippen LogP contribution >= 0.6 is 0 Å². The molecule has 2 saturated heterocycles. The van der Waals surface area contributed by atoms with Gasteiger partial charge in [0.15, 0.2) is 0 Å². The molecule has 2 aliphatic rings. The van der Waals surface area contributed by atoms with Crippen LogP contribution in [0.4, 0.5) is 0 Å². The van der Waals surface area contributed by atoms with E-state index in [0.29, 0.717) is 18.4 Å². The number of likely N-dealkylation sites (N-methyl/N-ethyl adjacent to an activating group) is 1. The minimum atomic E-state index is 0.201. The second-order valence-corrected chi connectivity index (χ2v) is 8.92. The molecule has 0 bridgehead atoms. The number of fused-ring (bicyclic) bond motifs is 1. The highest BCUT2D eigenvalue weighted by Gasteiger charge is 2.49. The summed E-state index contributed by atoms with van der Waals surface area (Å²) >= 11 is 0. The van der Waals surface area contributed by atoms with Crippen molar-refractivity contribution in [2.45, 2.75) is 25.9 Å². The molecule has 1 aromatic carbocycles. The Morgan fingerprint density at radius 1 is 1.17 bits per heavy atom. The van der Waals surface area contributed by atoms with Gasteiger partial charge >= 0.3 is 0 Å². The molecular formula is C23H33N5O. The first-order chi connectivity index (χ1) is 14.0. The van der Waals surface area contributed by atoms with E-state index in [1.54, 1.807) is 0 Å². The van der Waals surface area contributed by atoms with Gasteiger partial charge in [0.05, 0.1) is 18.9 Å². The molecule has 0 saturated carbocycles. The Balaban J connectivity index is 1.46. The Kier molecular flexibility index (Phi) is 6.01. The summed E-state index contributed by atoms with van der Waals surface area (Å²) in [4.78, 5) is 23.9. The summed E-state index contributed by atoms with van der Waals surface area (Å²) in [5.41, 5.74) is 2.62. The van der Waals surface area contributed by atoms with Crippen LogP contribution in [-0.4, -0.2) is 77.0 Å². The summed E-state index contributed by atoms with van der Waals surface area (Å²) in [5, 5.41) is 0. The summed E-state index contributed by atoms with van der Waals surface area (Å²) in [5.74, 6) is 1.35. The fourth-order valence-corrected chi connectivity index (χ4v) is 5.15. The van der Waals surface area contributed by atoms with Gasteiger partial charge in [-0.1, -0.05) is 24.3 Å². The van der Waals surface area contributed by atoms with Crippen molar-refractivity contribution in [3.63, 3.8) is 0 Å². The van der Waals surface area contributed by atoms with Crippen LogP contribution in [0.2, 0.25) is 0 Å². The molecule has 0 spiro atoms. The normalized spacial score (nSPS) is 24.4. The van der Waals surface area contributed by atoms with E-state index in [-0.39, 0.29) is 11.9 Å². The predicted molar refractivity (Wildman–Crippen MR) is 114 cm³/mol. The van der Waals surface area contributed by atoms with Crippen LogP contribution in [0.5, 0.6) is 0 Å². The first-order valence-electron chi connectivity index (χ1n) is 10.7. The predicted octanol–water partition coefficient (Wildman–Crippen LogP) is 2.27. The van der Waals surface area contributed by atoms with E-state index >= 15 is 0 Å². The molecule has 2 aliphatic heterocycles. The fourth-order valence-electron chi connectivity index (χ4n) is 5.15. The highest BCUT2D eigenvalue weighted by atomic mass is 16.2. The number of carbonyl (C=O) groups is 1. The van der Waals surface area contributed by atoms with Crippen LogP contribution in [-0.2, 0) is 11.3 Å². The maximum atomic E-state index is 13.0. The molecule has 156 valence electrons. The van der Waals surface area contributed by atoms with Gasteiger partial charge in [0.1, 0.15) is 0 Å². The summed E-state index contributed by atoms with van der Waals surface area (Å²) in [6.07, 6.45) is 6.89. The van der Waals surface area contributed by atoms with Crippen molar-refractivity contribution in [1.82, 2.24) is 24.3 Å². The van der Waals surface area contributed by atoms with Gasteiger partial charge in [-0.05, 0) is 51.0 Å². The lowest BCUT2D eigenvalue weighted by Crippen LogP contribution is -2.40. The molecule has 6 nitrogen and oxygen atoms in total. The number of aryl methyl sites for hydroxylation is 2. The van der Waals surface area contributed by atoms with Crippen molar-refractivity contribution >= 4 is 5.91 Å². The molecule has 2 aromatic rings. The highest BCUT2D eigenvalue weighted by molar-refractivity contribution is 5.79. The lowest BCUT2D eigenvalue weighted by Gasteiger charge is -2.31. The fraction of sp³-hybridized carbons (Fsp3) is 0.565. The van der Waals surface area contributed by atoms with E-state index < -0.39 is 0 Å². The third-order valence-corrected chi connectivity index (χ3v) is 6.47. The van der Waals surface area contributed by atoms with E-state index in [2.05, 4.69) is 50.5 Å². The molecule has 0 radical (unpaired) electrons. The van der Waals surface area contributed by atoms with E-state index in [4.69, 9.17) is 0 Å². The van der Waals surface area contributed by atoms with Gasteiger partial charge in [-0.15, -0.1) is 0 Å². The Morgan fingerprint density at radius 2 is 2.00 bits per heavy atom. The zero-order valence-electron chi connectivity index (χ0n) is 17.9. The molecule has 0 unspecified atom stereocenters. The van der Waals surface area contributed by atoms with Crippen molar-refractivity contribution in [3.8, 4) is 0 Å². The Bertz CT molecular complexity index is 818. The topological polar surface area (TPSA) is 44.6 Å². The van der Waals surface area contributed by atoms with Gasteiger partial charge in [-0.3, -0.25) is 4.79 Å². The molecule has 1 aromatic heterocycles. The average molecular weight is 396 g/mol. The zero-order valence-corrected chi connectivity index (χ0v) is 17.9. The molecular weight excluding hydrogens is 362 g/mol. The maximum absolute atomic E-state index is 13.0. The highest BCUT2D eigenvalue weighted by Crippen LogP contribution is 2.45. The number of nitrogens with zero attached hydrogens (tertiary/aromatic N) is 5. The van der Waals surface area contributed by atoms with Gasteiger partial charge in [0, 0.05) is 44.5 Å². The van der Waals surface area contributed by atoms with Crippen molar-refractivity contribution < 1.29 is 4.79 Å². The summed E-state index contributed by atoms with van der Waals surface area (Å²) in [6, 6.07) is 8.80. The quantitative estimate of drug-likeness (QED) is 0.722. The second-order valence-electron chi connectivity index (χ2n) is 8.92. The Labute approximate surface area is 174 Å². The number of carbonyl (C=O) groups excluding carboxylic acids is 1. The summed E-state index contributed by atoms with van der Waals surface area (Å²) in [7, 11) is 3.94. The number of likely N-dealkylation sites (tertiary alicyclic amines) is 2. The number of aromatic nitrogens is 2. The third-order valence-electron chi connectivity index (χ3n) is 6.47. The largest absolute Gasteiger partial charge is 0.337 e. The minimum absolute atomic E-state index is 0.201. The molecule has 1 amide bonds. The van der Waals surface area contributed by atoms with E-state index in [9.17, 15) is 4.79 Å². The molecule has 6 heteroatoms. The van der Waals surface area contributed by atoms with Crippen LogP contribution in [0.15, 0.2) is 43.0 Å². The molecule has 0 aliphatic carbocycles. The molecule has 4 rings (SSSR count). The van der Waals surface area contributed by atoms with E-state index in [0.717, 1.165) is 39.1 Å². The van der Waals surface area contributed by atoms with Crippen LogP contribution in [0.25, 0.3) is 0 Å². The number of amides is 1. The zero-order chi connectivity index (χ0) is 20.4. The maximum Gasteiger partial charge on any atom is 0.237 e. The van der Waals surface area contributed by atoms with Gasteiger partial charge in [0.2, 0.25) is 5.91 Å². The minimum Gasteiger partial charge on any atom is -0.337 e. The van der Waals surface area contributed by atoms with Crippen molar-refractivity contribution in [1.29, 1.82) is 0 Å². The SMILES string of the molecule is Cc1ccccc1[C@H]1[C@@H]2CN(CCCn3ccnc3)C[C@@H]2CN1C(=O)CN(C)C. The van der Waals surface area contributed by atoms with E-state index in [1.165, 1.54) is 11.1 Å². The number of benzene rings is 1. The van der Waals surface area contributed by atoms with Crippen LogP contribution in [0.1, 0.15) is 23.6 Å². The van der Waals surface area contributed by atoms with E-state index in [1.807, 2.05) is 37.7 Å². The first kappa shape index (κ1) is 20.1. The van der Waals surface area contributed by atoms with Crippen molar-refractivity contribution in [2.24, 2.45) is 11.8 Å². The van der Waals surface area contributed by atoms with Crippen LogP contribution in [0, 0.1) is 18.8 Å².